The fourth-order valence-electron chi connectivity index (χ4n) is 1.96. The number of likely N-dealkylation sites (tertiary alicyclic amines) is 1. The van der Waals surface area contributed by atoms with Gasteiger partial charge in [-0.3, -0.25) is 0 Å². The predicted octanol–water partition coefficient (Wildman–Crippen LogP) is -0.834. The van der Waals surface area contributed by atoms with Crippen LogP contribution in [0.1, 0.15) is 13.3 Å². The van der Waals surface area contributed by atoms with Gasteiger partial charge in [-0.15, -0.1) is 0 Å². The van der Waals surface area contributed by atoms with E-state index in [1.54, 1.807) is 4.90 Å². The molecule has 1 fully saturated rings. The maximum Gasteiger partial charge on any atom is 0.328 e. The molecule has 7 heteroatoms. The van der Waals surface area contributed by atoms with E-state index in [0.717, 1.165) is 6.42 Å². The Balaban J connectivity index is 2.53. The third kappa shape index (κ3) is 3.58. The van der Waals surface area contributed by atoms with Crippen molar-refractivity contribution in [2.45, 2.75) is 31.5 Å². The first-order valence-corrected chi connectivity index (χ1v) is 5.95. The molecule has 2 amide bonds. The van der Waals surface area contributed by atoms with Crippen LogP contribution in [0.15, 0.2) is 0 Å². The Morgan fingerprint density at radius 2 is 2.06 bits per heavy atom. The highest BCUT2D eigenvalue weighted by Crippen LogP contribution is 2.13. The minimum Gasteiger partial charge on any atom is -0.480 e. The van der Waals surface area contributed by atoms with Gasteiger partial charge in [-0.05, 0) is 27.4 Å². The smallest absolute Gasteiger partial charge is 0.328 e. The van der Waals surface area contributed by atoms with Crippen molar-refractivity contribution in [2.24, 2.45) is 0 Å². The second kappa shape index (κ2) is 6.01. The van der Waals surface area contributed by atoms with Crippen molar-refractivity contribution < 1.29 is 19.8 Å². The van der Waals surface area contributed by atoms with Gasteiger partial charge in [-0.2, -0.15) is 0 Å². The summed E-state index contributed by atoms with van der Waals surface area (Å²) in [5.41, 5.74) is 0. The van der Waals surface area contributed by atoms with Gasteiger partial charge in [0.25, 0.3) is 0 Å². The van der Waals surface area contributed by atoms with Crippen LogP contribution in [0.25, 0.3) is 0 Å². The van der Waals surface area contributed by atoms with Crippen molar-refractivity contribution in [3.8, 4) is 0 Å². The summed E-state index contributed by atoms with van der Waals surface area (Å²) in [5.74, 6) is -1.23. The lowest BCUT2D eigenvalue weighted by atomic mass is 10.2. The van der Waals surface area contributed by atoms with E-state index in [-0.39, 0.29) is 0 Å². The normalized spacial score (nSPS) is 22.9. The zero-order valence-electron chi connectivity index (χ0n) is 11.0. The monoisotopic (exact) mass is 259 g/mol. The van der Waals surface area contributed by atoms with E-state index in [9.17, 15) is 14.7 Å². The Morgan fingerprint density at radius 1 is 1.44 bits per heavy atom. The van der Waals surface area contributed by atoms with E-state index in [1.807, 2.05) is 19.0 Å². The summed E-state index contributed by atoms with van der Waals surface area (Å²) in [5, 5.41) is 20.5. The van der Waals surface area contributed by atoms with Crippen molar-refractivity contribution in [1.82, 2.24) is 15.1 Å². The lowest BCUT2D eigenvalue weighted by Crippen LogP contribution is -2.52. The molecule has 3 unspecified atom stereocenters. The van der Waals surface area contributed by atoms with E-state index in [1.165, 1.54) is 6.92 Å². The van der Waals surface area contributed by atoms with Crippen LogP contribution in [0.5, 0.6) is 0 Å². The van der Waals surface area contributed by atoms with Crippen LogP contribution in [0.4, 0.5) is 4.79 Å². The zero-order valence-corrected chi connectivity index (χ0v) is 11.0. The van der Waals surface area contributed by atoms with Crippen molar-refractivity contribution in [3.63, 3.8) is 0 Å². The number of carboxylic acids is 1. The molecule has 0 aromatic heterocycles. The van der Waals surface area contributed by atoms with Crippen LogP contribution in [0.2, 0.25) is 0 Å². The van der Waals surface area contributed by atoms with Crippen LogP contribution >= 0.6 is 0 Å². The number of carboxylic acid groups (broad SMARTS) is 1. The fraction of sp³-hybridized carbons (Fsp3) is 0.818. The number of urea groups is 1. The molecule has 3 atom stereocenters. The van der Waals surface area contributed by atoms with Gasteiger partial charge in [-0.1, -0.05) is 0 Å². The van der Waals surface area contributed by atoms with E-state index in [2.05, 4.69) is 5.32 Å². The quantitative estimate of drug-likeness (QED) is 0.612. The van der Waals surface area contributed by atoms with Crippen LogP contribution < -0.4 is 5.32 Å². The Morgan fingerprint density at radius 3 is 2.44 bits per heavy atom. The molecule has 7 nitrogen and oxygen atoms in total. The van der Waals surface area contributed by atoms with Crippen LogP contribution in [0, 0.1) is 0 Å². The summed E-state index contributed by atoms with van der Waals surface area (Å²) in [6.07, 6.45) is -0.258. The number of hydrogen-bond acceptors (Lipinski definition) is 4. The molecule has 1 rings (SSSR count). The molecule has 0 aromatic rings. The minimum atomic E-state index is -1.27. The van der Waals surface area contributed by atoms with Crippen molar-refractivity contribution >= 4 is 12.0 Å². The van der Waals surface area contributed by atoms with Crippen molar-refractivity contribution in [1.29, 1.82) is 0 Å². The molecule has 0 spiro atoms. The number of rotatable bonds is 4. The van der Waals surface area contributed by atoms with E-state index < -0.39 is 24.1 Å². The molecule has 18 heavy (non-hydrogen) atoms. The first-order chi connectivity index (χ1) is 8.32. The van der Waals surface area contributed by atoms with Gasteiger partial charge < -0.3 is 25.3 Å². The van der Waals surface area contributed by atoms with Gasteiger partial charge in [0.1, 0.15) is 0 Å². The highest BCUT2D eigenvalue weighted by molar-refractivity contribution is 5.83. The van der Waals surface area contributed by atoms with Crippen LogP contribution in [-0.2, 0) is 4.79 Å². The first-order valence-electron chi connectivity index (χ1n) is 5.95. The molecule has 104 valence electrons. The second-order valence-electron chi connectivity index (χ2n) is 4.86. The predicted molar refractivity (Wildman–Crippen MR) is 65.3 cm³/mol. The fourth-order valence-corrected chi connectivity index (χ4v) is 1.96. The van der Waals surface area contributed by atoms with Crippen molar-refractivity contribution in [3.05, 3.63) is 0 Å². The number of aliphatic carboxylic acids is 1. The number of carbonyl (C=O) groups is 2. The number of amides is 2. The molecule has 0 radical (unpaired) electrons. The van der Waals surface area contributed by atoms with Gasteiger partial charge >= 0.3 is 12.0 Å². The average Bonchev–Trinajstić information content (AvgIpc) is 2.73. The van der Waals surface area contributed by atoms with Gasteiger partial charge in [-0.25, -0.2) is 9.59 Å². The number of nitrogens with one attached hydrogen (secondary N) is 1. The standard InChI is InChI=1S/C11H21N3O4/c1-7(15)9(10(16)17)12-11(18)14-5-4-8(6-14)13(2)3/h7-9,15H,4-6H2,1-3H3,(H,12,18)(H,16,17). The minimum absolute atomic E-state index is 0.297. The summed E-state index contributed by atoms with van der Waals surface area (Å²) >= 11 is 0. The topological polar surface area (TPSA) is 93.1 Å². The third-order valence-corrected chi connectivity index (χ3v) is 3.21. The molecule has 1 aliphatic heterocycles. The molecule has 1 saturated heterocycles. The Bertz CT molecular complexity index is 319. The molecule has 3 N–H and O–H groups in total. The van der Waals surface area contributed by atoms with Gasteiger partial charge in [0.05, 0.1) is 6.10 Å². The molecular weight excluding hydrogens is 238 g/mol. The third-order valence-electron chi connectivity index (χ3n) is 3.21. The Hall–Kier alpha value is -1.34. The van der Waals surface area contributed by atoms with Crippen LogP contribution in [-0.4, -0.2) is 77.4 Å². The molecule has 1 heterocycles. The molecule has 0 bridgehead atoms. The molecular formula is C11H21N3O4. The first kappa shape index (κ1) is 14.7. The summed E-state index contributed by atoms with van der Waals surface area (Å²) < 4.78 is 0. The maximum absolute atomic E-state index is 11.9. The highest BCUT2D eigenvalue weighted by atomic mass is 16.4. The van der Waals surface area contributed by atoms with Crippen molar-refractivity contribution in [2.75, 3.05) is 27.2 Å². The lowest BCUT2D eigenvalue weighted by Gasteiger charge is -2.23. The van der Waals surface area contributed by atoms with E-state index in [0.29, 0.717) is 19.1 Å². The summed E-state index contributed by atoms with van der Waals surface area (Å²) in [7, 11) is 3.89. The highest BCUT2D eigenvalue weighted by Gasteiger charge is 2.31. The number of aliphatic hydroxyl groups is 1. The number of carbonyl (C=O) groups excluding carboxylic acids is 1. The number of hydrogen-bond donors (Lipinski definition) is 3. The van der Waals surface area contributed by atoms with Gasteiger partial charge in [0.2, 0.25) is 0 Å². The SMILES string of the molecule is CC(O)C(NC(=O)N1CCC(N(C)C)C1)C(=O)O. The summed E-state index contributed by atoms with van der Waals surface area (Å²) in [6, 6.07) is -1.41. The number of likely N-dealkylation sites (N-methyl/N-ethyl adjacent to an activating group) is 1. The summed E-state index contributed by atoms with van der Waals surface area (Å²) in [6.45, 7) is 2.51. The zero-order chi connectivity index (χ0) is 13.9. The molecule has 0 saturated carbocycles. The number of aliphatic hydroxyl groups excluding tert-OH is 1. The van der Waals surface area contributed by atoms with Gasteiger partial charge in [0, 0.05) is 19.1 Å². The molecule has 1 aliphatic rings. The summed E-state index contributed by atoms with van der Waals surface area (Å²) in [4.78, 5) is 26.3. The van der Waals surface area contributed by atoms with E-state index in [4.69, 9.17) is 5.11 Å². The Kier molecular flexibility index (Phi) is 4.92. The van der Waals surface area contributed by atoms with E-state index >= 15 is 0 Å². The second-order valence-corrected chi connectivity index (χ2v) is 4.86. The molecule has 0 aromatic carbocycles. The van der Waals surface area contributed by atoms with Gasteiger partial charge in [0.15, 0.2) is 6.04 Å². The lowest BCUT2D eigenvalue weighted by molar-refractivity contribution is -0.141. The molecule has 0 aliphatic carbocycles. The largest absolute Gasteiger partial charge is 0.480 e. The van der Waals surface area contributed by atoms with Crippen LogP contribution in [0.3, 0.4) is 0 Å². The number of nitrogens with zero attached hydrogens (tertiary/aromatic N) is 2. The maximum atomic E-state index is 11.9. The average molecular weight is 259 g/mol. The Labute approximate surface area is 106 Å².